The SMILES string of the molecule is CCCC(C)Oc1cc(N)nc(C(F)(F)F)n1. The van der Waals surface area contributed by atoms with Crippen LogP contribution in [0.25, 0.3) is 0 Å². The molecule has 0 aromatic carbocycles. The van der Waals surface area contributed by atoms with E-state index in [9.17, 15) is 13.2 Å². The Morgan fingerprint density at radius 3 is 2.59 bits per heavy atom. The maximum Gasteiger partial charge on any atom is 0.451 e. The maximum absolute atomic E-state index is 12.4. The van der Waals surface area contributed by atoms with Crippen molar-refractivity contribution in [2.45, 2.75) is 39.0 Å². The fraction of sp³-hybridized carbons (Fsp3) is 0.600. The molecule has 0 saturated carbocycles. The van der Waals surface area contributed by atoms with Gasteiger partial charge in [0, 0.05) is 6.07 Å². The van der Waals surface area contributed by atoms with E-state index in [2.05, 4.69) is 9.97 Å². The Bertz CT molecular complexity index is 382. The first-order valence-electron chi connectivity index (χ1n) is 5.21. The standard InChI is InChI=1S/C10H14F3N3O/c1-3-4-6(2)17-8-5-7(14)15-9(16-8)10(11,12)13/h5-6H,3-4H2,1-2H3,(H2,14,15,16). The van der Waals surface area contributed by atoms with Gasteiger partial charge in [-0.1, -0.05) is 13.3 Å². The molecule has 0 spiro atoms. The van der Waals surface area contributed by atoms with Crippen molar-refractivity contribution in [3.63, 3.8) is 0 Å². The fourth-order valence-electron chi connectivity index (χ4n) is 1.30. The van der Waals surface area contributed by atoms with Crippen molar-refractivity contribution in [3.8, 4) is 5.88 Å². The molecule has 1 unspecified atom stereocenters. The molecule has 0 aliphatic heterocycles. The highest BCUT2D eigenvalue weighted by Crippen LogP contribution is 2.28. The number of halogens is 3. The molecule has 1 atom stereocenters. The van der Waals surface area contributed by atoms with E-state index in [-0.39, 0.29) is 17.8 Å². The number of hydrogen-bond acceptors (Lipinski definition) is 4. The first-order chi connectivity index (χ1) is 7.82. The van der Waals surface area contributed by atoms with E-state index in [1.807, 2.05) is 6.92 Å². The lowest BCUT2D eigenvalue weighted by Gasteiger charge is -2.14. The summed E-state index contributed by atoms with van der Waals surface area (Å²) in [4.78, 5) is 6.41. The number of nitrogens with zero attached hydrogens (tertiary/aromatic N) is 2. The van der Waals surface area contributed by atoms with Gasteiger partial charge in [-0.2, -0.15) is 18.2 Å². The summed E-state index contributed by atoms with van der Waals surface area (Å²) in [5.74, 6) is -1.69. The average molecular weight is 249 g/mol. The van der Waals surface area contributed by atoms with Crippen molar-refractivity contribution in [2.75, 3.05) is 5.73 Å². The van der Waals surface area contributed by atoms with E-state index in [0.29, 0.717) is 0 Å². The van der Waals surface area contributed by atoms with Crippen LogP contribution in [0.4, 0.5) is 19.0 Å². The summed E-state index contributed by atoms with van der Waals surface area (Å²) in [6.45, 7) is 3.71. The van der Waals surface area contributed by atoms with Crippen LogP contribution in [0.5, 0.6) is 5.88 Å². The zero-order chi connectivity index (χ0) is 13.1. The molecule has 1 heterocycles. The van der Waals surface area contributed by atoms with Crippen molar-refractivity contribution in [1.82, 2.24) is 9.97 Å². The highest BCUT2D eigenvalue weighted by atomic mass is 19.4. The normalized spacial score (nSPS) is 13.5. The number of alkyl halides is 3. The van der Waals surface area contributed by atoms with Gasteiger partial charge in [0.25, 0.3) is 0 Å². The number of nitrogen functional groups attached to an aromatic ring is 1. The predicted molar refractivity (Wildman–Crippen MR) is 56.4 cm³/mol. The van der Waals surface area contributed by atoms with Crippen LogP contribution in [0.15, 0.2) is 6.07 Å². The first-order valence-corrected chi connectivity index (χ1v) is 5.21. The Balaban J connectivity index is 2.90. The van der Waals surface area contributed by atoms with Crippen molar-refractivity contribution in [2.24, 2.45) is 0 Å². The highest BCUT2D eigenvalue weighted by Gasteiger charge is 2.35. The Morgan fingerprint density at radius 2 is 2.06 bits per heavy atom. The molecule has 96 valence electrons. The van der Waals surface area contributed by atoms with Crippen molar-refractivity contribution in [3.05, 3.63) is 11.9 Å². The minimum absolute atomic E-state index is 0.147. The second-order valence-electron chi connectivity index (χ2n) is 3.67. The first kappa shape index (κ1) is 13.5. The Kier molecular flexibility index (Phi) is 4.14. The monoisotopic (exact) mass is 249 g/mol. The third kappa shape index (κ3) is 4.08. The Labute approximate surface area is 97.0 Å². The lowest BCUT2D eigenvalue weighted by molar-refractivity contribution is -0.145. The number of anilines is 1. The molecule has 0 aliphatic carbocycles. The maximum atomic E-state index is 12.4. The molecule has 7 heteroatoms. The summed E-state index contributed by atoms with van der Waals surface area (Å²) in [5, 5.41) is 0. The van der Waals surface area contributed by atoms with Gasteiger partial charge in [0.1, 0.15) is 5.82 Å². The van der Waals surface area contributed by atoms with Crippen LogP contribution in [0, 0.1) is 0 Å². The third-order valence-corrected chi connectivity index (χ3v) is 1.99. The quantitative estimate of drug-likeness (QED) is 0.891. The van der Waals surface area contributed by atoms with E-state index in [1.165, 1.54) is 6.07 Å². The minimum atomic E-state index is -4.62. The van der Waals surface area contributed by atoms with Gasteiger partial charge in [-0.15, -0.1) is 0 Å². The Morgan fingerprint density at radius 1 is 1.41 bits per heavy atom. The van der Waals surface area contributed by atoms with Crippen LogP contribution in [0.3, 0.4) is 0 Å². The van der Waals surface area contributed by atoms with Gasteiger partial charge >= 0.3 is 6.18 Å². The van der Waals surface area contributed by atoms with Gasteiger partial charge in [-0.3, -0.25) is 0 Å². The fourth-order valence-corrected chi connectivity index (χ4v) is 1.30. The van der Waals surface area contributed by atoms with E-state index in [0.717, 1.165) is 12.8 Å². The minimum Gasteiger partial charge on any atom is -0.475 e. The summed E-state index contributed by atoms with van der Waals surface area (Å²) in [5.41, 5.74) is 5.27. The highest BCUT2D eigenvalue weighted by molar-refractivity contribution is 5.33. The number of nitrogens with two attached hydrogens (primary N) is 1. The van der Waals surface area contributed by atoms with Crippen LogP contribution in [0.1, 0.15) is 32.5 Å². The van der Waals surface area contributed by atoms with Crippen LogP contribution >= 0.6 is 0 Å². The topological polar surface area (TPSA) is 61.0 Å². The number of ether oxygens (including phenoxy) is 1. The van der Waals surface area contributed by atoms with Crippen LogP contribution < -0.4 is 10.5 Å². The summed E-state index contributed by atoms with van der Waals surface area (Å²) in [7, 11) is 0. The molecule has 0 bridgehead atoms. The summed E-state index contributed by atoms with van der Waals surface area (Å²) >= 11 is 0. The van der Waals surface area contributed by atoms with Gasteiger partial charge < -0.3 is 10.5 Å². The predicted octanol–water partition coefficient (Wildman–Crippen LogP) is 2.65. The van der Waals surface area contributed by atoms with Crippen LogP contribution in [0.2, 0.25) is 0 Å². The zero-order valence-corrected chi connectivity index (χ0v) is 9.58. The largest absolute Gasteiger partial charge is 0.475 e. The van der Waals surface area contributed by atoms with E-state index >= 15 is 0 Å². The molecular formula is C10H14F3N3O. The van der Waals surface area contributed by atoms with E-state index in [1.54, 1.807) is 6.92 Å². The number of aromatic nitrogens is 2. The third-order valence-electron chi connectivity index (χ3n) is 1.99. The molecule has 1 aromatic heterocycles. The average Bonchev–Trinajstić information content (AvgIpc) is 2.15. The molecule has 0 fully saturated rings. The Hall–Kier alpha value is -1.53. The molecule has 4 nitrogen and oxygen atoms in total. The number of rotatable bonds is 4. The smallest absolute Gasteiger partial charge is 0.451 e. The molecule has 0 saturated heterocycles. The molecule has 1 rings (SSSR count). The van der Waals surface area contributed by atoms with Gasteiger partial charge in [0.05, 0.1) is 6.10 Å². The molecule has 17 heavy (non-hydrogen) atoms. The lowest BCUT2D eigenvalue weighted by Crippen LogP contribution is -2.16. The lowest BCUT2D eigenvalue weighted by atomic mass is 10.2. The van der Waals surface area contributed by atoms with Gasteiger partial charge in [-0.25, -0.2) is 4.98 Å². The second-order valence-corrected chi connectivity index (χ2v) is 3.67. The second kappa shape index (κ2) is 5.20. The molecule has 2 N–H and O–H groups in total. The molecule has 0 amide bonds. The van der Waals surface area contributed by atoms with Crippen molar-refractivity contribution in [1.29, 1.82) is 0 Å². The molecule has 0 aliphatic rings. The van der Waals surface area contributed by atoms with Gasteiger partial charge in [0.2, 0.25) is 11.7 Å². The molecule has 1 aromatic rings. The van der Waals surface area contributed by atoms with Crippen molar-refractivity contribution < 1.29 is 17.9 Å². The van der Waals surface area contributed by atoms with Crippen molar-refractivity contribution >= 4 is 5.82 Å². The van der Waals surface area contributed by atoms with Crippen LogP contribution in [-0.4, -0.2) is 16.1 Å². The van der Waals surface area contributed by atoms with E-state index < -0.39 is 12.0 Å². The van der Waals surface area contributed by atoms with Gasteiger partial charge in [0.15, 0.2) is 0 Å². The molecular weight excluding hydrogens is 235 g/mol. The van der Waals surface area contributed by atoms with Gasteiger partial charge in [-0.05, 0) is 13.3 Å². The zero-order valence-electron chi connectivity index (χ0n) is 9.58. The number of hydrogen-bond donors (Lipinski definition) is 1. The summed E-state index contributed by atoms with van der Waals surface area (Å²) < 4.78 is 42.4. The molecule has 0 radical (unpaired) electrons. The van der Waals surface area contributed by atoms with E-state index in [4.69, 9.17) is 10.5 Å². The summed E-state index contributed by atoms with van der Waals surface area (Å²) in [6.07, 6.45) is -3.24. The summed E-state index contributed by atoms with van der Waals surface area (Å²) in [6, 6.07) is 1.18. The van der Waals surface area contributed by atoms with Crippen LogP contribution in [-0.2, 0) is 6.18 Å².